The molecule has 1 saturated carbocycles. The van der Waals surface area contributed by atoms with Gasteiger partial charge in [0.05, 0.1) is 17.5 Å². The maximum absolute atomic E-state index is 13.3. The van der Waals surface area contributed by atoms with Crippen LogP contribution in [-0.4, -0.2) is 23.7 Å². The van der Waals surface area contributed by atoms with Crippen molar-refractivity contribution in [2.45, 2.75) is 26.4 Å². The minimum Gasteiger partial charge on any atom is -0.480 e. The number of nitrogens with zero attached hydrogens (tertiary/aromatic N) is 1. The Kier molecular flexibility index (Phi) is 4.35. The van der Waals surface area contributed by atoms with Crippen molar-refractivity contribution in [3.05, 3.63) is 71.8 Å². The summed E-state index contributed by atoms with van der Waals surface area (Å²) in [5.41, 5.74) is 2.20. The molecule has 1 heterocycles. The molecule has 0 aromatic heterocycles. The molecule has 1 aliphatic heterocycles. The van der Waals surface area contributed by atoms with Gasteiger partial charge in [0.25, 0.3) is 0 Å². The van der Waals surface area contributed by atoms with E-state index in [1.807, 2.05) is 6.07 Å². The Labute approximate surface area is 175 Å². The van der Waals surface area contributed by atoms with Crippen LogP contribution in [0, 0.1) is 23.7 Å². The van der Waals surface area contributed by atoms with Crippen LogP contribution in [0.3, 0.4) is 0 Å². The summed E-state index contributed by atoms with van der Waals surface area (Å²) < 4.78 is 5.97. The number of ether oxygens (including phenoxy) is 1. The van der Waals surface area contributed by atoms with Gasteiger partial charge in [-0.25, -0.2) is 4.90 Å². The van der Waals surface area contributed by atoms with Gasteiger partial charge < -0.3 is 4.74 Å². The van der Waals surface area contributed by atoms with Gasteiger partial charge in [-0.2, -0.15) is 0 Å². The Balaban J connectivity index is 1.43. The number of allylic oxidation sites excluding steroid dienone is 2. The Bertz CT molecular complexity index is 1070. The molecule has 1 saturated heterocycles. The molecule has 5 atom stereocenters. The highest BCUT2D eigenvalue weighted by Crippen LogP contribution is 2.56. The van der Waals surface area contributed by atoms with E-state index in [0.29, 0.717) is 17.0 Å². The number of rotatable bonds is 5. The zero-order valence-corrected chi connectivity index (χ0v) is 16.9. The number of para-hydroxylation sites is 2. The lowest BCUT2D eigenvalue weighted by molar-refractivity contribution is -0.123. The second-order valence-electron chi connectivity index (χ2n) is 8.44. The molecule has 2 bridgehead atoms. The highest BCUT2D eigenvalue weighted by Gasteiger charge is 2.61. The molecular formula is C25H23NO4. The Morgan fingerprint density at radius 1 is 1.00 bits per heavy atom. The third-order valence-corrected chi connectivity index (χ3v) is 6.72. The summed E-state index contributed by atoms with van der Waals surface area (Å²) in [6.07, 6.45) is 2.30. The predicted octanol–water partition coefficient (Wildman–Crippen LogP) is 4.04. The standard InChI is InChI=1S/C25H23NO4/c1-14-12-17-13-18(14)22-21(17)24(28)26(25(22)29)19-10-6-7-11-20(19)30-15(2)23(27)16-8-4-3-5-9-16/h3-12,15,17-18,21-22H,13H2,1-2H3/t15-,17+,18+,21+,22+/m0/s1. The average Bonchev–Trinajstić information content (AvgIpc) is 3.39. The molecule has 5 nitrogen and oxygen atoms in total. The summed E-state index contributed by atoms with van der Waals surface area (Å²) in [4.78, 5) is 40.5. The van der Waals surface area contributed by atoms with Crippen LogP contribution in [0.5, 0.6) is 5.75 Å². The topological polar surface area (TPSA) is 63.7 Å². The van der Waals surface area contributed by atoms with Crippen molar-refractivity contribution in [3.63, 3.8) is 0 Å². The molecule has 2 fully saturated rings. The van der Waals surface area contributed by atoms with Crippen molar-refractivity contribution in [2.75, 3.05) is 4.90 Å². The van der Waals surface area contributed by atoms with Crippen molar-refractivity contribution >= 4 is 23.3 Å². The van der Waals surface area contributed by atoms with Gasteiger partial charge in [0.2, 0.25) is 17.6 Å². The van der Waals surface area contributed by atoms with Crippen LogP contribution in [-0.2, 0) is 9.59 Å². The lowest BCUT2D eigenvalue weighted by atomic mass is 9.82. The average molecular weight is 401 g/mol. The molecule has 2 aliphatic carbocycles. The lowest BCUT2D eigenvalue weighted by Crippen LogP contribution is -2.34. The fourth-order valence-corrected chi connectivity index (χ4v) is 5.33. The summed E-state index contributed by atoms with van der Waals surface area (Å²) in [7, 11) is 0. The maximum Gasteiger partial charge on any atom is 0.238 e. The van der Waals surface area contributed by atoms with Gasteiger partial charge in [-0.15, -0.1) is 0 Å². The van der Waals surface area contributed by atoms with E-state index in [1.54, 1.807) is 55.5 Å². The molecule has 30 heavy (non-hydrogen) atoms. The Hall–Kier alpha value is -3.21. The van der Waals surface area contributed by atoms with E-state index in [1.165, 1.54) is 10.5 Å². The molecule has 2 aromatic rings. The summed E-state index contributed by atoms with van der Waals surface area (Å²) in [5.74, 6) is -0.331. The van der Waals surface area contributed by atoms with Crippen molar-refractivity contribution < 1.29 is 19.1 Å². The number of amides is 2. The van der Waals surface area contributed by atoms with Crippen molar-refractivity contribution in [2.24, 2.45) is 23.7 Å². The maximum atomic E-state index is 13.3. The number of carbonyl (C=O) groups excluding carboxylic acids is 3. The number of hydrogen-bond donors (Lipinski definition) is 0. The van der Waals surface area contributed by atoms with Crippen LogP contribution < -0.4 is 9.64 Å². The van der Waals surface area contributed by atoms with E-state index in [4.69, 9.17) is 4.74 Å². The van der Waals surface area contributed by atoms with Crippen molar-refractivity contribution in [1.29, 1.82) is 0 Å². The van der Waals surface area contributed by atoms with E-state index in [9.17, 15) is 14.4 Å². The van der Waals surface area contributed by atoms with E-state index in [0.717, 1.165) is 6.42 Å². The number of fused-ring (bicyclic) bond motifs is 5. The van der Waals surface area contributed by atoms with Gasteiger partial charge >= 0.3 is 0 Å². The second kappa shape index (κ2) is 6.94. The van der Waals surface area contributed by atoms with Crippen molar-refractivity contribution in [3.8, 4) is 5.75 Å². The van der Waals surface area contributed by atoms with E-state index in [2.05, 4.69) is 13.0 Å². The zero-order valence-electron chi connectivity index (χ0n) is 16.9. The first-order valence-electron chi connectivity index (χ1n) is 10.4. The monoisotopic (exact) mass is 401 g/mol. The van der Waals surface area contributed by atoms with Gasteiger partial charge in [-0.05, 0) is 44.2 Å². The largest absolute Gasteiger partial charge is 0.480 e. The summed E-state index contributed by atoms with van der Waals surface area (Å²) in [6.45, 7) is 3.73. The number of ketones is 1. The third kappa shape index (κ3) is 2.72. The van der Waals surface area contributed by atoms with Crippen LogP contribution >= 0.6 is 0 Å². The van der Waals surface area contributed by atoms with Gasteiger partial charge in [0.15, 0.2) is 6.10 Å². The third-order valence-electron chi connectivity index (χ3n) is 6.72. The minimum absolute atomic E-state index is 0.146. The molecule has 5 heteroatoms. The quantitative estimate of drug-likeness (QED) is 0.431. The number of imide groups is 1. The highest BCUT2D eigenvalue weighted by atomic mass is 16.5. The summed E-state index contributed by atoms with van der Waals surface area (Å²) >= 11 is 0. The smallest absolute Gasteiger partial charge is 0.238 e. The first-order chi connectivity index (χ1) is 14.5. The molecule has 152 valence electrons. The first kappa shape index (κ1) is 18.8. The van der Waals surface area contributed by atoms with Crippen LogP contribution in [0.1, 0.15) is 30.6 Å². The number of benzene rings is 2. The molecule has 0 unspecified atom stereocenters. The zero-order chi connectivity index (χ0) is 21.0. The minimum atomic E-state index is -0.749. The Morgan fingerprint density at radius 2 is 1.67 bits per heavy atom. The molecule has 0 N–H and O–H groups in total. The van der Waals surface area contributed by atoms with Gasteiger partial charge in [0.1, 0.15) is 5.75 Å². The first-order valence-corrected chi connectivity index (χ1v) is 10.4. The fourth-order valence-electron chi connectivity index (χ4n) is 5.33. The normalized spacial score (nSPS) is 27.8. The van der Waals surface area contributed by atoms with Crippen LogP contribution in [0.2, 0.25) is 0 Å². The van der Waals surface area contributed by atoms with E-state index >= 15 is 0 Å². The second-order valence-corrected chi connectivity index (χ2v) is 8.44. The van der Waals surface area contributed by atoms with Crippen molar-refractivity contribution in [1.82, 2.24) is 0 Å². The molecule has 2 amide bonds. The highest BCUT2D eigenvalue weighted by molar-refractivity contribution is 6.23. The molecule has 2 aromatic carbocycles. The van der Waals surface area contributed by atoms with E-state index < -0.39 is 6.10 Å². The molecule has 5 rings (SSSR count). The van der Waals surface area contributed by atoms with Crippen LogP contribution in [0.15, 0.2) is 66.2 Å². The number of carbonyl (C=O) groups is 3. The number of anilines is 1. The van der Waals surface area contributed by atoms with Gasteiger partial charge in [0, 0.05) is 5.56 Å². The molecular weight excluding hydrogens is 378 g/mol. The SMILES string of the molecule is CC1=C[C@@H]2C[C@H]1[C@H]1C(=O)N(c3ccccc3O[C@@H](C)C(=O)c3ccccc3)C(=O)[C@@H]12. The van der Waals surface area contributed by atoms with E-state index in [-0.39, 0.29) is 41.3 Å². The Morgan fingerprint density at radius 3 is 2.43 bits per heavy atom. The summed E-state index contributed by atoms with van der Waals surface area (Å²) in [5, 5.41) is 0. The molecule has 0 spiro atoms. The van der Waals surface area contributed by atoms with Gasteiger partial charge in [-0.1, -0.05) is 54.1 Å². The summed E-state index contributed by atoms with van der Waals surface area (Å²) in [6, 6.07) is 15.9. The molecule has 3 aliphatic rings. The van der Waals surface area contributed by atoms with Crippen LogP contribution in [0.4, 0.5) is 5.69 Å². The number of hydrogen-bond acceptors (Lipinski definition) is 4. The lowest BCUT2D eigenvalue weighted by Gasteiger charge is -2.22. The molecule has 0 radical (unpaired) electrons. The number of Topliss-reactive ketones (excluding diaryl/α,β-unsaturated/α-hetero) is 1. The van der Waals surface area contributed by atoms with Crippen LogP contribution in [0.25, 0.3) is 0 Å². The fraction of sp³-hybridized carbons (Fsp3) is 0.320. The predicted molar refractivity (Wildman–Crippen MR) is 112 cm³/mol. The van der Waals surface area contributed by atoms with Gasteiger partial charge in [-0.3, -0.25) is 14.4 Å².